The molecule has 1 aromatic rings. The van der Waals surface area contributed by atoms with Crippen LogP contribution in [0.1, 0.15) is 19.3 Å². The van der Waals surface area contributed by atoms with Gasteiger partial charge >= 0.3 is 6.03 Å². The van der Waals surface area contributed by atoms with Gasteiger partial charge in [-0.05, 0) is 31.0 Å². The normalized spacial score (nSPS) is 23.6. The third-order valence-corrected chi connectivity index (χ3v) is 6.08. The van der Waals surface area contributed by atoms with Crippen molar-refractivity contribution >= 4 is 23.3 Å². The number of ether oxygens (including phenoxy) is 2. The molecule has 2 N–H and O–H groups in total. The largest absolute Gasteiger partial charge is 0.381 e. The highest BCUT2D eigenvalue weighted by molar-refractivity contribution is 5.96. The predicted molar refractivity (Wildman–Crippen MR) is 110 cm³/mol. The van der Waals surface area contributed by atoms with Crippen molar-refractivity contribution in [3.8, 4) is 0 Å². The zero-order valence-electron chi connectivity index (χ0n) is 17.1. The quantitative estimate of drug-likeness (QED) is 0.734. The molecule has 30 heavy (non-hydrogen) atoms. The lowest BCUT2D eigenvalue weighted by Crippen LogP contribution is -2.52. The Morgan fingerprint density at radius 2 is 2.03 bits per heavy atom. The minimum Gasteiger partial charge on any atom is -0.381 e. The molecule has 3 heterocycles. The predicted octanol–water partition coefficient (Wildman–Crippen LogP) is 1.81. The molecule has 3 amide bonds. The van der Waals surface area contributed by atoms with Gasteiger partial charge in [0, 0.05) is 56.9 Å². The lowest BCUT2D eigenvalue weighted by Gasteiger charge is -2.37. The summed E-state index contributed by atoms with van der Waals surface area (Å²) >= 11 is 0. The maximum absolute atomic E-state index is 14.3. The van der Waals surface area contributed by atoms with E-state index >= 15 is 0 Å². The van der Waals surface area contributed by atoms with E-state index in [0.29, 0.717) is 50.9 Å². The van der Waals surface area contributed by atoms with Crippen LogP contribution in [0, 0.1) is 11.7 Å². The highest BCUT2D eigenvalue weighted by Crippen LogP contribution is 2.26. The fraction of sp³-hybridized carbons (Fsp3) is 0.619. The molecule has 3 aliphatic rings. The number of anilines is 2. The highest BCUT2D eigenvalue weighted by atomic mass is 19.1. The fourth-order valence-corrected chi connectivity index (χ4v) is 4.42. The second kappa shape index (κ2) is 9.72. The third kappa shape index (κ3) is 4.91. The van der Waals surface area contributed by atoms with Crippen LogP contribution in [0.5, 0.6) is 0 Å². The van der Waals surface area contributed by atoms with Crippen molar-refractivity contribution in [2.24, 2.45) is 5.92 Å². The number of halogens is 1. The van der Waals surface area contributed by atoms with Gasteiger partial charge in [-0.15, -0.1) is 0 Å². The summed E-state index contributed by atoms with van der Waals surface area (Å²) in [4.78, 5) is 28.4. The second-order valence-corrected chi connectivity index (χ2v) is 7.99. The lowest BCUT2D eigenvalue weighted by molar-refractivity contribution is -0.117. The number of nitrogens with zero attached hydrogens (tertiary/aromatic N) is 2. The molecule has 3 aliphatic heterocycles. The zero-order valence-corrected chi connectivity index (χ0v) is 17.1. The molecule has 0 radical (unpaired) electrons. The first-order valence-corrected chi connectivity index (χ1v) is 10.7. The lowest BCUT2D eigenvalue weighted by atomic mass is 9.97. The summed E-state index contributed by atoms with van der Waals surface area (Å²) in [7, 11) is 0. The van der Waals surface area contributed by atoms with Crippen LogP contribution >= 0.6 is 0 Å². The molecular weight excluding hydrogens is 391 g/mol. The van der Waals surface area contributed by atoms with E-state index in [4.69, 9.17) is 9.47 Å². The van der Waals surface area contributed by atoms with E-state index in [9.17, 15) is 14.0 Å². The molecule has 3 fully saturated rings. The maximum Gasteiger partial charge on any atom is 0.319 e. The Bertz CT molecular complexity index is 765. The number of carbonyl (C=O) groups is 2. The van der Waals surface area contributed by atoms with E-state index in [2.05, 4.69) is 15.5 Å². The van der Waals surface area contributed by atoms with E-state index in [1.165, 1.54) is 12.1 Å². The summed E-state index contributed by atoms with van der Waals surface area (Å²) in [5.74, 6) is -0.164. The molecule has 0 aliphatic carbocycles. The molecule has 0 saturated carbocycles. The number of amides is 3. The van der Waals surface area contributed by atoms with Gasteiger partial charge in [0.05, 0.1) is 25.5 Å². The minimum absolute atomic E-state index is 0.0177. The summed E-state index contributed by atoms with van der Waals surface area (Å²) in [6.45, 7) is 5.51. The molecule has 0 bridgehead atoms. The highest BCUT2D eigenvalue weighted by Gasteiger charge is 2.32. The van der Waals surface area contributed by atoms with Crippen LogP contribution in [-0.2, 0) is 14.3 Å². The Morgan fingerprint density at radius 3 is 2.73 bits per heavy atom. The van der Waals surface area contributed by atoms with Gasteiger partial charge in [-0.1, -0.05) is 0 Å². The average molecular weight is 420 g/mol. The van der Waals surface area contributed by atoms with E-state index in [-0.39, 0.29) is 17.6 Å². The van der Waals surface area contributed by atoms with Gasteiger partial charge in [-0.25, -0.2) is 9.18 Å². The zero-order chi connectivity index (χ0) is 20.9. The molecule has 0 aromatic heterocycles. The number of urea groups is 1. The first kappa shape index (κ1) is 21.0. The Balaban J connectivity index is 1.37. The van der Waals surface area contributed by atoms with Crippen molar-refractivity contribution in [2.45, 2.75) is 25.3 Å². The van der Waals surface area contributed by atoms with E-state index in [1.807, 2.05) is 0 Å². The molecule has 1 aromatic carbocycles. The average Bonchev–Trinajstić information content (AvgIpc) is 3.43. The van der Waals surface area contributed by atoms with Gasteiger partial charge in [-0.3, -0.25) is 9.69 Å². The van der Waals surface area contributed by atoms with Crippen LogP contribution in [0.25, 0.3) is 0 Å². The number of nitrogens with one attached hydrogen (secondary N) is 2. The van der Waals surface area contributed by atoms with E-state index in [0.717, 1.165) is 32.5 Å². The summed E-state index contributed by atoms with van der Waals surface area (Å²) in [5.41, 5.74) is 0.667. The van der Waals surface area contributed by atoms with E-state index in [1.54, 1.807) is 11.0 Å². The van der Waals surface area contributed by atoms with Gasteiger partial charge in [0.1, 0.15) is 5.82 Å². The van der Waals surface area contributed by atoms with Crippen LogP contribution in [0.3, 0.4) is 0 Å². The molecule has 8 nitrogen and oxygen atoms in total. The Hall–Kier alpha value is -2.23. The van der Waals surface area contributed by atoms with Crippen molar-refractivity contribution < 1.29 is 23.5 Å². The van der Waals surface area contributed by atoms with Crippen LogP contribution < -0.4 is 15.5 Å². The number of carbonyl (C=O) groups excluding carboxylic acids is 2. The van der Waals surface area contributed by atoms with Crippen LogP contribution in [0.15, 0.2) is 18.2 Å². The van der Waals surface area contributed by atoms with Crippen molar-refractivity contribution in [1.29, 1.82) is 0 Å². The molecule has 9 heteroatoms. The molecule has 2 atom stereocenters. The molecule has 0 unspecified atom stereocenters. The topological polar surface area (TPSA) is 83.1 Å². The smallest absolute Gasteiger partial charge is 0.319 e. The molecule has 3 saturated heterocycles. The number of hydrogen-bond acceptors (Lipinski definition) is 5. The first-order chi connectivity index (χ1) is 14.6. The fourth-order valence-electron chi connectivity index (χ4n) is 4.42. The SMILES string of the molecule is O=C(NC[C@@H]([C@H]1CCOC1)N1CCOCC1)Nc1cc(N2CCCC2=O)ccc1F. The van der Waals surface area contributed by atoms with Crippen molar-refractivity contribution in [3.63, 3.8) is 0 Å². The minimum atomic E-state index is -0.533. The van der Waals surface area contributed by atoms with Crippen LogP contribution in [0.4, 0.5) is 20.6 Å². The third-order valence-electron chi connectivity index (χ3n) is 6.08. The molecule has 164 valence electrons. The maximum atomic E-state index is 14.3. The molecule has 4 rings (SSSR count). The monoisotopic (exact) mass is 420 g/mol. The molecular formula is C21H29FN4O4. The van der Waals surface area contributed by atoms with Gasteiger partial charge < -0.3 is 25.0 Å². The Labute approximate surface area is 175 Å². The van der Waals surface area contributed by atoms with Crippen molar-refractivity contribution in [2.75, 3.05) is 62.8 Å². The van der Waals surface area contributed by atoms with Gasteiger partial charge in [0.15, 0.2) is 0 Å². The van der Waals surface area contributed by atoms with Gasteiger partial charge in [0.2, 0.25) is 5.91 Å². The van der Waals surface area contributed by atoms with Gasteiger partial charge in [0.25, 0.3) is 0 Å². The van der Waals surface area contributed by atoms with Crippen LogP contribution in [-0.4, -0.2) is 75.5 Å². The standard InChI is InChI=1S/C21H29FN4O4/c22-17-4-3-16(26-6-1-2-20(26)27)12-18(17)24-21(28)23-13-19(15-5-9-30-14-15)25-7-10-29-11-8-25/h3-4,12,15,19H,1-2,5-11,13-14H2,(H2,23,24,28)/t15-,19-/m0/s1. The number of benzene rings is 1. The number of hydrogen-bond donors (Lipinski definition) is 2. The number of rotatable bonds is 6. The summed E-state index contributed by atoms with van der Waals surface area (Å²) in [6.07, 6.45) is 2.24. The van der Waals surface area contributed by atoms with Gasteiger partial charge in [-0.2, -0.15) is 0 Å². The Morgan fingerprint density at radius 1 is 1.20 bits per heavy atom. The molecule has 0 spiro atoms. The second-order valence-electron chi connectivity index (χ2n) is 7.99. The van der Waals surface area contributed by atoms with Crippen molar-refractivity contribution in [3.05, 3.63) is 24.0 Å². The van der Waals surface area contributed by atoms with Crippen LogP contribution in [0.2, 0.25) is 0 Å². The number of morpholine rings is 1. The summed E-state index contributed by atoms with van der Waals surface area (Å²) in [5, 5.41) is 5.50. The Kier molecular flexibility index (Phi) is 6.81. The summed E-state index contributed by atoms with van der Waals surface area (Å²) in [6, 6.07) is 4.05. The first-order valence-electron chi connectivity index (χ1n) is 10.7. The van der Waals surface area contributed by atoms with Crippen molar-refractivity contribution in [1.82, 2.24) is 10.2 Å². The van der Waals surface area contributed by atoms with E-state index < -0.39 is 11.8 Å². The summed E-state index contributed by atoms with van der Waals surface area (Å²) < 4.78 is 25.3.